The highest BCUT2D eigenvalue weighted by Gasteiger charge is 2.38. The summed E-state index contributed by atoms with van der Waals surface area (Å²) in [6.07, 6.45) is 2.35. The van der Waals surface area contributed by atoms with Crippen LogP contribution in [0.5, 0.6) is 0 Å². The molecule has 102 valence electrons. The molecule has 0 fully saturated rings. The van der Waals surface area contributed by atoms with Crippen LogP contribution in [0.25, 0.3) is 0 Å². The molecule has 0 saturated carbocycles. The second kappa shape index (κ2) is 7.72. The van der Waals surface area contributed by atoms with Crippen molar-refractivity contribution in [2.75, 3.05) is 13.2 Å². The SMILES string of the molecule is CCCC[Si](OCC)(OCC)c1ccc(C)cc1. The van der Waals surface area contributed by atoms with Gasteiger partial charge in [-0.2, -0.15) is 0 Å². The van der Waals surface area contributed by atoms with Crippen molar-refractivity contribution in [3.63, 3.8) is 0 Å². The molecule has 0 radical (unpaired) electrons. The normalized spacial score (nSPS) is 11.8. The Kier molecular flexibility index (Phi) is 6.61. The number of rotatable bonds is 8. The number of hydrogen-bond donors (Lipinski definition) is 0. The lowest BCUT2D eigenvalue weighted by Gasteiger charge is -2.30. The Labute approximate surface area is 113 Å². The first-order chi connectivity index (χ1) is 8.68. The Bertz CT molecular complexity index is 329. The van der Waals surface area contributed by atoms with Crippen LogP contribution in [0.3, 0.4) is 0 Å². The molecular weight excluding hydrogens is 240 g/mol. The standard InChI is InChI=1S/C15H26O2Si/c1-5-8-13-18(16-6-2,17-7-3)15-11-9-14(4)10-12-15/h9-12H,5-8,13H2,1-4H3. The quantitative estimate of drug-likeness (QED) is 0.670. The van der Waals surface area contributed by atoms with Crippen LogP contribution in [-0.2, 0) is 8.85 Å². The van der Waals surface area contributed by atoms with Crippen molar-refractivity contribution >= 4 is 13.7 Å². The van der Waals surface area contributed by atoms with Gasteiger partial charge in [0.1, 0.15) is 0 Å². The number of hydrogen-bond acceptors (Lipinski definition) is 2. The third-order valence-corrected chi connectivity index (χ3v) is 6.84. The third-order valence-electron chi connectivity index (χ3n) is 3.11. The molecule has 3 heteroatoms. The van der Waals surface area contributed by atoms with Crippen LogP contribution in [0.2, 0.25) is 6.04 Å². The van der Waals surface area contributed by atoms with E-state index in [0.717, 1.165) is 19.3 Å². The Hall–Kier alpha value is -0.643. The summed E-state index contributed by atoms with van der Waals surface area (Å²) < 4.78 is 12.2. The van der Waals surface area contributed by atoms with Gasteiger partial charge in [-0.1, -0.05) is 49.6 Å². The van der Waals surface area contributed by atoms with Crippen LogP contribution in [-0.4, -0.2) is 21.8 Å². The molecule has 0 aliphatic rings. The molecule has 0 aliphatic heterocycles. The third kappa shape index (κ3) is 3.94. The molecule has 0 aliphatic carbocycles. The van der Waals surface area contributed by atoms with Crippen molar-refractivity contribution in [3.8, 4) is 0 Å². The first-order valence-corrected chi connectivity index (χ1v) is 9.06. The summed E-state index contributed by atoms with van der Waals surface area (Å²) in [7, 11) is -2.22. The van der Waals surface area contributed by atoms with Gasteiger partial charge in [0.05, 0.1) is 0 Å². The van der Waals surface area contributed by atoms with Gasteiger partial charge in [0.2, 0.25) is 0 Å². The maximum atomic E-state index is 6.11. The van der Waals surface area contributed by atoms with Crippen molar-refractivity contribution < 1.29 is 8.85 Å². The van der Waals surface area contributed by atoms with E-state index in [1.165, 1.54) is 23.6 Å². The van der Waals surface area contributed by atoms with Crippen molar-refractivity contribution in [2.45, 2.75) is 46.6 Å². The molecule has 1 aromatic rings. The minimum atomic E-state index is -2.22. The van der Waals surface area contributed by atoms with Crippen molar-refractivity contribution in [1.29, 1.82) is 0 Å². The van der Waals surface area contributed by atoms with E-state index in [4.69, 9.17) is 8.85 Å². The summed E-state index contributed by atoms with van der Waals surface area (Å²) in [4.78, 5) is 0. The van der Waals surface area contributed by atoms with Gasteiger partial charge in [0.15, 0.2) is 0 Å². The van der Waals surface area contributed by atoms with Crippen LogP contribution in [0.15, 0.2) is 24.3 Å². The average Bonchev–Trinajstić information content (AvgIpc) is 2.37. The van der Waals surface area contributed by atoms with Gasteiger partial charge in [0.25, 0.3) is 0 Å². The predicted octanol–water partition coefficient (Wildman–Crippen LogP) is 3.52. The van der Waals surface area contributed by atoms with E-state index in [2.05, 4.69) is 52.0 Å². The Morgan fingerprint density at radius 1 is 0.944 bits per heavy atom. The summed E-state index contributed by atoms with van der Waals surface area (Å²) in [5.41, 5.74) is 1.28. The molecule has 2 nitrogen and oxygen atoms in total. The lowest BCUT2D eigenvalue weighted by Crippen LogP contribution is -2.53. The highest BCUT2D eigenvalue weighted by atomic mass is 28.4. The molecule has 0 unspecified atom stereocenters. The van der Waals surface area contributed by atoms with Crippen LogP contribution >= 0.6 is 0 Å². The highest BCUT2D eigenvalue weighted by Crippen LogP contribution is 2.18. The molecule has 0 spiro atoms. The second-order valence-electron chi connectivity index (χ2n) is 4.59. The van der Waals surface area contributed by atoms with E-state index < -0.39 is 8.56 Å². The van der Waals surface area contributed by atoms with E-state index in [-0.39, 0.29) is 0 Å². The van der Waals surface area contributed by atoms with Gasteiger partial charge >= 0.3 is 8.56 Å². The lowest BCUT2D eigenvalue weighted by molar-refractivity contribution is 0.195. The minimum absolute atomic E-state index is 0.726. The molecule has 0 N–H and O–H groups in total. The molecule has 0 saturated heterocycles. The van der Waals surface area contributed by atoms with Crippen LogP contribution < -0.4 is 5.19 Å². The monoisotopic (exact) mass is 266 g/mol. The Morgan fingerprint density at radius 3 is 1.94 bits per heavy atom. The van der Waals surface area contributed by atoms with Crippen LogP contribution in [0.1, 0.15) is 39.2 Å². The zero-order valence-electron chi connectivity index (χ0n) is 12.2. The molecule has 0 heterocycles. The average molecular weight is 266 g/mol. The Balaban J connectivity index is 3.01. The first kappa shape index (κ1) is 15.4. The number of benzene rings is 1. The van der Waals surface area contributed by atoms with Gasteiger partial charge in [-0.3, -0.25) is 0 Å². The van der Waals surface area contributed by atoms with Crippen molar-refractivity contribution in [1.82, 2.24) is 0 Å². The van der Waals surface area contributed by atoms with Gasteiger partial charge < -0.3 is 8.85 Å². The summed E-state index contributed by atoms with van der Waals surface area (Å²) in [6, 6.07) is 9.72. The molecule has 1 rings (SSSR count). The number of aryl methyl sites for hydroxylation is 1. The first-order valence-electron chi connectivity index (χ1n) is 7.03. The number of unbranched alkanes of at least 4 members (excludes halogenated alkanes) is 1. The molecule has 1 aromatic carbocycles. The smallest absolute Gasteiger partial charge is 0.372 e. The fourth-order valence-electron chi connectivity index (χ4n) is 2.18. The van der Waals surface area contributed by atoms with E-state index in [1.807, 2.05) is 0 Å². The predicted molar refractivity (Wildman–Crippen MR) is 79.5 cm³/mol. The Morgan fingerprint density at radius 2 is 1.50 bits per heavy atom. The fraction of sp³-hybridized carbons (Fsp3) is 0.600. The molecule has 0 aromatic heterocycles. The fourth-order valence-corrected chi connectivity index (χ4v) is 5.60. The largest absolute Gasteiger partial charge is 0.391 e. The molecule has 18 heavy (non-hydrogen) atoms. The van der Waals surface area contributed by atoms with E-state index in [1.54, 1.807) is 0 Å². The molecule has 0 bridgehead atoms. The van der Waals surface area contributed by atoms with Gasteiger partial charge in [0, 0.05) is 13.2 Å². The van der Waals surface area contributed by atoms with E-state index in [9.17, 15) is 0 Å². The lowest BCUT2D eigenvalue weighted by atomic mass is 10.2. The maximum Gasteiger partial charge on any atom is 0.372 e. The van der Waals surface area contributed by atoms with Gasteiger partial charge in [-0.25, -0.2) is 0 Å². The summed E-state index contributed by atoms with van der Waals surface area (Å²) in [5, 5.41) is 1.27. The van der Waals surface area contributed by atoms with Crippen molar-refractivity contribution in [2.24, 2.45) is 0 Å². The summed E-state index contributed by atoms with van der Waals surface area (Å²) in [6.45, 7) is 9.89. The minimum Gasteiger partial charge on any atom is -0.391 e. The van der Waals surface area contributed by atoms with Gasteiger partial charge in [-0.15, -0.1) is 0 Å². The summed E-state index contributed by atoms with van der Waals surface area (Å²) >= 11 is 0. The van der Waals surface area contributed by atoms with Crippen molar-refractivity contribution in [3.05, 3.63) is 29.8 Å². The highest BCUT2D eigenvalue weighted by molar-refractivity contribution is 6.81. The van der Waals surface area contributed by atoms with Gasteiger partial charge in [-0.05, 0) is 32.0 Å². The molecule has 0 amide bonds. The maximum absolute atomic E-state index is 6.11. The topological polar surface area (TPSA) is 18.5 Å². The molecule has 0 atom stereocenters. The molecular formula is C15H26O2Si. The zero-order chi connectivity index (χ0) is 13.4. The van der Waals surface area contributed by atoms with E-state index in [0.29, 0.717) is 0 Å². The zero-order valence-corrected chi connectivity index (χ0v) is 13.2. The van der Waals surface area contributed by atoms with Crippen LogP contribution in [0, 0.1) is 6.92 Å². The second-order valence-corrected chi connectivity index (χ2v) is 7.75. The van der Waals surface area contributed by atoms with Crippen LogP contribution in [0.4, 0.5) is 0 Å². The van der Waals surface area contributed by atoms with E-state index >= 15 is 0 Å². The summed E-state index contributed by atoms with van der Waals surface area (Å²) in [5.74, 6) is 0.